The van der Waals surface area contributed by atoms with Gasteiger partial charge in [-0.1, -0.05) is 0 Å². The number of nitrogens with two attached hydrogens (primary N) is 1. The topological polar surface area (TPSA) is 75.8 Å². The Morgan fingerprint density at radius 2 is 2.25 bits per heavy atom. The molecule has 0 radical (unpaired) electrons. The summed E-state index contributed by atoms with van der Waals surface area (Å²) in [4.78, 5) is 14.2. The molecule has 0 aliphatic heterocycles. The second-order valence-corrected chi connectivity index (χ2v) is 5.00. The summed E-state index contributed by atoms with van der Waals surface area (Å²) in [5, 5.41) is 9.27. The summed E-state index contributed by atoms with van der Waals surface area (Å²) in [6.45, 7) is 2.68. The lowest BCUT2D eigenvalue weighted by molar-refractivity contribution is 0.0527. The van der Waals surface area contributed by atoms with Crippen LogP contribution in [0, 0.1) is 0 Å². The summed E-state index contributed by atoms with van der Waals surface area (Å²) in [6, 6.07) is 5.66. The van der Waals surface area contributed by atoms with Crippen LogP contribution in [0.4, 0.5) is 11.4 Å². The number of ether oxygens (including phenoxy) is 1. The van der Waals surface area contributed by atoms with Crippen molar-refractivity contribution in [3.8, 4) is 0 Å². The zero-order valence-corrected chi connectivity index (χ0v) is 11.8. The first-order valence-electron chi connectivity index (χ1n) is 7.11. The Kier molecular flexibility index (Phi) is 4.84. The average Bonchev–Trinajstić information content (AvgIpc) is 2.36. The van der Waals surface area contributed by atoms with E-state index in [1.165, 1.54) is 6.42 Å². The van der Waals surface area contributed by atoms with Crippen LogP contribution in [0.5, 0.6) is 0 Å². The maximum absolute atomic E-state index is 12.1. The zero-order valence-electron chi connectivity index (χ0n) is 11.8. The number of carbonyl (C=O) groups excluding carboxylic acids is 1. The van der Waals surface area contributed by atoms with Crippen molar-refractivity contribution >= 4 is 17.3 Å². The highest BCUT2D eigenvalue weighted by Gasteiger charge is 2.28. The van der Waals surface area contributed by atoms with Gasteiger partial charge in [0.15, 0.2) is 0 Å². The van der Waals surface area contributed by atoms with Gasteiger partial charge in [0, 0.05) is 18.3 Å². The van der Waals surface area contributed by atoms with Gasteiger partial charge < -0.3 is 20.5 Å². The minimum absolute atomic E-state index is 0.0587. The molecule has 0 saturated heterocycles. The van der Waals surface area contributed by atoms with E-state index in [1.807, 2.05) is 6.07 Å². The maximum Gasteiger partial charge on any atom is 0.340 e. The van der Waals surface area contributed by atoms with E-state index in [0.29, 0.717) is 30.4 Å². The van der Waals surface area contributed by atoms with E-state index >= 15 is 0 Å². The molecule has 5 nitrogen and oxygen atoms in total. The van der Waals surface area contributed by atoms with Gasteiger partial charge in [-0.25, -0.2) is 4.79 Å². The summed E-state index contributed by atoms with van der Waals surface area (Å²) in [5.74, 6) is -0.364. The molecule has 1 fully saturated rings. The van der Waals surface area contributed by atoms with E-state index in [1.54, 1.807) is 19.1 Å². The van der Waals surface area contributed by atoms with Gasteiger partial charge >= 0.3 is 5.97 Å². The summed E-state index contributed by atoms with van der Waals surface area (Å²) in [6.07, 6.45) is 3.37. The fraction of sp³-hybridized carbons (Fsp3) is 0.533. The molecule has 2 rings (SSSR count). The van der Waals surface area contributed by atoms with Gasteiger partial charge in [-0.05, 0) is 44.4 Å². The third kappa shape index (κ3) is 3.04. The standard InChI is InChI=1S/C15H22N2O3/c1-2-20-15(19)13-10-11(16)6-7-14(13)17(8-9-18)12-4-3-5-12/h6-7,10,12,18H,2-5,8-9,16H2,1H3. The molecule has 0 heterocycles. The highest BCUT2D eigenvalue weighted by molar-refractivity contribution is 5.97. The molecular formula is C15H22N2O3. The zero-order chi connectivity index (χ0) is 14.5. The number of hydrogen-bond acceptors (Lipinski definition) is 5. The molecule has 5 heteroatoms. The predicted molar refractivity (Wildman–Crippen MR) is 78.9 cm³/mol. The summed E-state index contributed by atoms with van der Waals surface area (Å²) in [5.41, 5.74) is 7.60. The van der Waals surface area contributed by atoms with Crippen molar-refractivity contribution in [1.29, 1.82) is 0 Å². The van der Waals surface area contributed by atoms with Crippen LogP contribution in [0.15, 0.2) is 18.2 Å². The number of aliphatic hydroxyl groups excluding tert-OH is 1. The van der Waals surface area contributed by atoms with E-state index in [0.717, 1.165) is 18.5 Å². The van der Waals surface area contributed by atoms with E-state index in [9.17, 15) is 9.90 Å². The minimum atomic E-state index is -0.364. The molecule has 1 aromatic carbocycles. The van der Waals surface area contributed by atoms with Gasteiger partial charge in [0.1, 0.15) is 0 Å². The lowest BCUT2D eigenvalue weighted by Crippen LogP contribution is -2.42. The van der Waals surface area contributed by atoms with Gasteiger partial charge in [0.25, 0.3) is 0 Å². The Balaban J connectivity index is 2.34. The van der Waals surface area contributed by atoms with Crippen molar-refractivity contribution in [2.24, 2.45) is 0 Å². The van der Waals surface area contributed by atoms with Crippen molar-refractivity contribution < 1.29 is 14.6 Å². The largest absolute Gasteiger partial charge is 0.462 e. The first-order chi connectivity index (χ1) is 9.67. The number of nitrogens with zero attached hydrogens (tertiary/aromatic N) is 1. The van der Waals surface area contributed by atoms with Gasteiger partial charge in [-0.2, -0.15) is 0 Å². The molecule has 3 N–H and O–H groups in total. The summed E-state index contributed by atoms with van der Waals surface area (Å²) in [7, 11) is 0. The van der Waals surface area contributed by atoms with Crippen LogP contribution in [-0.4, -0.2) is 36.9 Å². The van der Waals surface area contributed by atoms with Crippen molar-refractivity contribution in [2.75, 3.05) is 30.4 Å². The number of nitrogen functional groups attached to an aromatic ring is 1. The van der Waals surface area contributed by atoms with Crippen molar-refractivity contribution in [3.05, 3.63) is 23.8 Å². The fourth-order valence-corrected chi connectivity index (χ4v) is 2.48. The molecule has 1 aliphatic carbocycles. The quantitative estimate of drug-likeness (QED) is 0.613. The smallest absolute Gasteiger partial charge is 0.340 e. The first-order valence-corrected chi connectivity index (χ1v) is 7.11. The first kappa shape index (κ1) is 14.7. The van der Waals surface area contributed by atoms with Gasteiger partial charge in [-0.3, -0.25) is 0 Å². The van der Waals surface area contributed by atoms with Crippen LogP contribution < -0.4 is 10.6 Å². The van der Waals surface area contributed by atoms with Gasteiger partial charge in [0.05, 0.1) is 24.5 Å². The number of rotatable bonds is 6. The fourth-order valence-electron chi connectivity index (χ4n) is 2.48. The average molecular weight is 278 g/mol. The second kappa shape index (κ2) is 6.61. The Bertz CT molecular complexity index is 472. The maximum atomic E-state index is 12.1. The highest BCUT2D eigenvalue weighted by atomic mass is 16.5. The molecule has 0 unspecified atom stereocenters. The predicted octanol–water partition coefficient (Wildman–Crippen LogP) is 1.80. The van der Waals surface area contributed by atoms with Crippen LogP contribution in [0.3, 0.4) is 0 Å². The van der Waals surface area contributed by atoms with Crippen molar-refractivity contribution in [3.63, 3.8) is 0 Å². The SMILES string of the molecule is CCOC(=O)c1cc(N)ccc1N(CCO)C1CCC1. The number of carbonyl (C=O) groups is 1. The van der Waals surface area contributed by atoms with Gasteiger partial charge in [-0.15, -0.1) is 0 Å². The number of aliphatic hydroxyl groups is 1. The Hall–Kier alpha value is -1.75. The third-order valence-corrected chi connectivity index (χ3v) is 3.68. The van der Waals surface area contributed by atoms with Crippen LogP contribution in [0.25, 0.3) is 0 Å². The highest BCUT2D eigenvalue weighted by Crippen LogP contribution is 2.32. The molecule has 0 bridgehead atoms. The molecule has 0 amide bonds. The Labute approximate surface area is 119 Å². The monoisotopic (exact) mass is 278 g/mol. The summed E-state index contributed by atoms with van der Waals surface area (Å²) < 4.78 is 5.10. The van der Waals surface area contributed by atoms with Crippen LogP contribution in [0.1, 0.15) is 36.5 Å². The molecule has 1 aliphatic rings. The van der Waals surface area contributed by atoms with E-state index < -0.39 is 0 Å². The molecule has 0 spiro atoms. The van der Waals surface area contributed by atoms with E-state index in [-0.39, 0.29) is 12.6 Å². The lowest BCUT2D eigenvalue weighted by Gasteiger charge is -2.39. The lowest BCUT2D eigenvalue weighted by atomic mass is 9.90. The molecule has 110 valence electrons. The second-order valence-electron chi connectivity index (χ2n) is 5.00. The molecule has 1 saturated carbocycles. The van der Waals surface area contributed by atoms with Crippen molar-refractivity contribution in [2.45, 2.75) is 32.2 Å². The number of anilines is 2. The Morgan fingerprint density at radius 1 is 1.50 bits per heavy atom. The molecule has 0 atom stereocenters. The minimum Gasteiger partial charge on any atom is -0.462 e. The number of hydrogen-bond donors (Lipinski definition) is 2. The van der Waals surface area contributed by atoms with Gasteiger partial charge in [0.2, 0.25) is 0 Å². The normalized spacial score (nSPS) is 14.7. The molecule has 1 aromatic rings. The van der Waals surface area contributed by atoms with Crippen LogP contribution in [-0.2, 0) is 4.74 Å². The van der Waals surface area contributed by atoms with E-state index in [2.05, 4.69) is 4.90 Å². The molecular weight excluding hydrogens is 256 g/mol. The third-order valence-electron chi connectivity index (χ3n) is 3.68. The van der Waals surface area contributed by atoms with Crippen molar-refractivity contribution in [1.82, 2.24) is 0 Å². The Morgan fingerprint density at radius 3 is 2.80 bits per heavy atom. The van der Waals surface area contributed by atoms with Crippen LogP contribution >= 0.6 is 0 Å². The van der Waals surface area contributed by atoms with Crippen LogP contribution in [0.2, 0.25) is 0 Å². The van der Waals surface area contributed by atoms with E-state index in [4.69, 9.17) is 10.5 Å². The number of benzene rings is 1. The number of esters is 1. The molecule has 0 aromatic heterocycles. The summed E-state index contributed by atoms with van der Waals surface area (Å²) >= 11 is 0. The molecule has 20 heavy (non-hydrogen) atoms.